The summed E-state index contributed by atoms with van der Waals surface area (Å²) in [6.45, 7) is 2.94. The van der Waals surface area contributed by atoms with Gasteiger partial charge in [0.2, 0.25) is 0 Å². The second-order valence-electron chi connectivity index (χ2n) is 5.44. The molecule has 1 aromatic carbocycles. The van der Waals surface area contributed by atoms with Gasteiger partial charge in [-0.3, -0.25) is 4.79 Å². The molecule has 0 aromatic heterocycles. The lowest BCUT2D eigenvalue weighted by molar-refractivity contribution is 0.0902. The number of benzene rings is 1. The molecule has 0 spiro atoms. The van der Waals surface area contributed by atoms with Crippen molar-refractivity contribution in [1.29, 1.82) is 0 Å². The second-order valence-corrected chi connectivity index (χ2v) is 5.44. The fourth-order valence-corrected chi connectivity index (χ4v) is 2.83. The molecule has 1 amide bonds. The summed E-state index contributed by atoms with van der Waals surface area (Å²) < 4.78 is 10.7. The van der Waals surface area contributed by atoms with Crippen LogP contribution in [0.1, 0.15) is 43.0 Å². The molecule has 1 aliphatic rings. The van der Waals surface area contributed by atoms with Gasteiger partial charge in [-0.15, -0.1) is 0 Å². The lowest BCUT2D eigenvalue weighted by Crippen LogP contribution is -2.51. The molecule has 0 bridgehead atoms. The number of ether oxygens (including phenoxy) is 2. The zero-order chi connectivity index (χ0) is 15.3. The lowest BCUT2D eigenvalue weighted by atomic mass is 9.97. The highest BCUT2D eigenvalue weighted by atomic mass is 16.5. The van der Waals surface area contributed by atoms with E-state index in [1.54, 1.807) is 25.3 Å². The minimum atomic E-state index is -0.247. The Labute approximate surface area is 125 Å². The van der Waals surface area contributed by atoms with E-state index in [4.69, 9.17) is 15.2 Å². The number of carbonyl (C=O) groups is 1. The molecular weight excluding hydrogens is 268 g/mol. The molecule has 1 aromatic rings. The van der Waals surface area contributed by atoms with Crippen LogP contribution in [0.4, 0.5) is 0 Å². The maximum Gasteiger partial charge on any atom is 0.251 e. The topological polar surface area (TPSA) is 73.6 Å². The van der Waals surface area contributed by atoms with Crippen LogP contribution in [0.5, 0.6) is 11.5 Å². The van der Waals surface area contributed by atoms with Crippen LogP contribution in [0.2, 0.25) is 0 Å². The van der Waals surface area contributed by atoms with Gasteiger partial charge in [-0.05, 0) is 38.0 Å². The van der Waals surface area contributed by atoms with Gasteiger partial charge >= 0.3 is 0 Å². The number of amides is 1. The van der Waals surface area contributed by atoms with Crippen LogP contribution in [-0.2, 0) is 0 Å². The molecule has 3 N–H and O–H groups in total. The third-order valence-corrected chi connectivity index (χ3v) is 4.06. The van der Waals surface area contributed by atoms with Gasteiger partial charge in [-0.25, -0.2) is 0 Å². The highest BCUT2D eigenvalue weighted by Crippen LogP contribution is 2.31. The van der Waals surface area contributed by atoms with Crippen molar-refractivity contribution in [2.45, 2.75) is 38.1 Å². The van der Waals surface area contributed by atoms with Crippen molar-refractivity contribution in [2.75, 3.05) is 20.3 Å². The van der Waals surface area contributed by atoms with Crippen molar-refractivity contribution in [3.8, 4) is 11.5 Å². The average Bonchev–Trinajstić information content (AvgIpc) is 2.97. The third-order valence-electron chi connectivity index (χ3n) is 4.06. The number of nitrogens with one attached hydrogen (secondary N) is 1. The molecule has 1 saturated carbocycles. The van der Waals surface area contributed by atoms with Crippen LogP contribution in [0.3, 0.4) is 0 Å². The first-order valence-corrected chi connectivity index (χ1v) is 7.47. The molecule has 21 heavy (non-hydrogen) atoms. The molecule has 0 atom stereocenters. The molecule has 5 heteroatoms. The Kier molecular flexibility index (Phi) is 5.07. The fourth-order valence-electron chi connectivity index (χ4n) is 2.83. The summed E-state index contributed by atoms with van der Waals surface area (Å²) >= 11 is 0. The van der Waals surface area contributed by atoms with Gasteiger partial charge in [0, 0.05) is 12.1 Å². The number of carbonyl (C=O) groups excluding carboxylic acids is 1. The summed E-state index contributed by atoms with van der Waals surface area (Å²) in [5.74, 6) is 1.10. The van der Waals surface area contributed by atoms with Crippen LogP contribution >= 0.6 is 0 Å². The molecule has 2 rings (SSSR count). The van der Waals surface area contributed by atoms with E-state index in [-0.39, 0.29) is 11.4 Å². The number of rotatable bonds is 6. The van der Waals surface area contributed by atoms with E-state index in [1.807, 2.05) is 6.92 Å². The minimum absolute atomic E-state index is 0.108. The zero-order valence-corrected chi connectivity index (χ0v) is 12.8. The molecule has 0 aliphatic heterocycles. The van der Waals surface area contributed by atoms with E-state index in [2.05, 4.69) is 5.32 Å². The predicted octanol–water partition coefficient (Wildman–Crippen LogP) is 2.10. The van der Waals surface area contributed by atoms with Crippen molar-refractivity contribution < 1.29 is 14.3 Å². The van der Waals surface area contributed by atoms with Crippen LogP contribution in [-0.4, -0.2) is 31.7 Å². The highest BCUT2D eigenvalue weighted by Gasteiger charge is 2.34. The monoisotopic (exact) mass is 292 g/mol. The van der Waals surface area contributed by atoms with Gasteiger partial charge in [0.25, 0.3) is 5.91 Å². The van der Waals surface area contributed by atoms with Crippen LogP contribution < -0.4 is 20.5 Å². The molecule has 0 saturated heterocycles. The maximum atomic E-state index is 12.4. The van der Waals surface area contributed by atoms with E-state index in [9.17, 15) is 4.79 Å². The third kappa shape index (κ3) is 3.47. The number of nitrogens with two attached hydrogens (primary N) is 1. The summed E-state index contributed by atoms with van der Waals surface area (Å²) in [7, 11) is 1.57. The summed E-state index contributed by atoms with van der Waals surface area (Å²) in [6.07, 6.45) is 4.13. The predicted molar refractivity (Wildman–Crippen MR) is 81.9 cm³/mol. The Morgan fingerprint density at radius 2 is 2.05 bits per heavy atom. The Morgan fingerprint density at radius 1 is 1.33 bits per heavy atom. The first kappa shape index (κ1) is 15.6. The normalized spacial score (nSPS) is 16.5. The molecule has 0 unspecified atom stereocenters. The van der Waals surface area contributed by atoms with E-state index in [0.717, 1.165) is 25.7 Å². The Morgan fingerprint density at radius 3 is 2.62 bits per heavy atom. The van der Waals surface area contributed by atoms with Gasteiger partial charge in [0.05, 0.1) is 19.3 Å². The summed E-state index contributed by atoms with van der Waals surface area (Å²) in [6, 6.07) is 5.22. The van der Waals surface area contributed by atoms with Crippen molar-refractivity contribution >= 4 is 5.91 Å². The highest BCUT2D eigenvalue weighted by molar-refractivity contribution is 5.95. The van der Waals surface area contributed by atoms with E-state index >= 15 is 0 Å². The molecule has 0 radical (unpaired) electrons. The smallest absolute Gasteiger partial charge is 0.251 e. The molecule has 1 aliphatic carbocycles. The molecular formula is C16H24N2O3. The fraction of sp³-hybridized carbons (Fsp3) is 0.562. The van der Waals surface area contributed by atoms with Gasteiger partial charge in [0.1, 0.15) is 0 Å². The molecule has 1 fully saturated rings. The van der Waals surface area contributed by atoms with Crippen molar-refractivity contribution in [1.82, 2.24) is 5.32 Å². The standard InChI is InChI=1S/C16H24N2O3/c1-3-21-13-7-6-12(10-14(13)20-2)15(19)18-16(11-17)8-4-5-9-16/h6-7,10H,3-5,8-9,11,17H2,1-2H3,(H,18,19). The van der Waals surface area contributed by atoms with Gasteiger partial charge in [-0.2, -0.15) is 0 Å². The maximum absolute atomic E-state index is 12.4. The largest absolute Gasteiger partial charge is 0.493 e. The van der Waals surface area contributed by atoms with Crippen molar-refractivity contribution in [2.24, 2.45) is 5.73 Å². The quantitative estimate of drug-likeness (QED) is 0.842. The summed E-state index contributed by atoms with van der Waals surface area (Å²) in [5, 5.41) is 3.10. The van der Waals surface area contributed by atoms with Crippen LogP contribution in [0.25, 0.3) is 0 Å². The first-order chi connectivity index (χ1) is 10.1. The second kappa shape index (κ2) is 6.80. The Hall–Kier alpha value is -1.75. The first-order valence-electron chi connectivity index (χ1n) is 7.47. The van der Waals surface area contributed by atoms with E-state index < -0.39 is 0 Å². The zero-order valence-electron chi connectivity index (χ0n) is 12.8. The molecule has 116 valence electrons. The summed E-state index contributed by atoms with van der Waals surface area (Å²) in [5.41, 5.74) is 6.17. The van der Waals surface area contributed by atoms with Crippen LogP contribution in [0, 0.1) is 0 Å². The van der Waals surface area contributed by atoms with Crippen molar-refractivity contribution in [3.05, 3.63) is 23.8 Å². The summed E-state index contributed by atoms with van der Waals surface area (Å²) in [4.78, 5) is 12.4. The lowest BCUT2D eigenvalue weighted by Gasteiger charge is -2.28. The van der Waals surface area contributed by atoms with E-state index in [1.165, 1.54) is 0 Å². The molecule has 5 nitrogen and oxygen atoms in total. The number of methoxy groups -OCH3 is 1. The Balaban J connectivity index is 2.15. The number of hydrogen-bond acceptors (Lipinski definition) is 4. The van der Waals surface area contributed by atoms with Gasteiger partial charge in [0.15, 0.2) is 11.5 Å². The van der Waals surface area contributed by atoms with Crippen LogP contribution in [0.15, 0.2) is 18.2 Å². The number of hydrogen-bond donors (Lipinski definition) is 2. The average molecular weight is 292 g/mol. The van der Waals surface area contributed by atoms with E-state index in [0.29, 0.717) is 30.2 Å². The minimum Gasteiger partial charge on any atom is -0.493 e. The van der Waals surface area contributed by atoms with Gasteiger partial charge < -0.3 is 20.5 Å². The van der Waals surface area contributed by atoms with Gasteiger partial charge in [-0.1, -0.05) is 12.8 Å². The SMILES string of the molecule is CCOc1ccc(C(=O)NC2(CN)CCCC2)cc1OC. The van der Waals surface area contributed by atoms with Crippen molar-refractivity contribution in [3.63, 3.8) is 0 Å². The Bertz CT molecular complexity index is 496. The molecule has 0 heterocycles.